The number of nitrogens with zero attached hydrogens (tertiary/aromatic N) is 1. The quantitative estimate of drug-likeness (QED) is 0.678. The molecule has 5 heteroatoms. The van der Waals surface area contributed by atoms with Crippen LogP contribution in [0.2, 0.25) is 0 Å². The molecule has 1 N–H and O–H groups in total. The first-order valence-electron chi connectivity index (χ1n) is 4.69. The van der Waals surface area contributed by atoms with Gasteiger partial charge in [0.25, 0.3) is 0 Å². The Balaban J connectivity index is 2.10. The van der Waals surface area contributed by atoms with Gasteiger partial charge in [-0.25, -0.2) is 8.42 Å². The Bertz CT molecular complexity index is 287. The maximum Gasteiger partial charge on any atom is 0.217 e. The van der Waals surface area contributed by atoms with Crippen molar-refractivity contribution < 1.29 is 13.5 Å². The Kier molecular flexibility index (Phi) is 2.13. The van der Waals surface area contributed by atoms with Crippen molar-refractivity contribution in [1.29, 1.82) is 0 Å². The second-order valence-corrected chi connectivity index (χ2v) is 6.32. The fourth-order valence-corrected chi connectivity index (χ4v) is 3.65. The van der Waals surface area contributed by atoms with E-state index in [2.05, 4.69) is 0 Å². The van der Waals surface area contributed by atoms with Crippen molar-refractivity contribution in [2.75, 3.05) is 13.1 Å². The lowest BCUT2D eigenvalue weighted by Gasteiger charge is -2.14. The third-order valence-corrected chi connectivity index (χ3v) is 5.18. The highest BCUT2D eigenvalue weighted by molar-refractivity contribution is 7.90. The molecule has 1 saturated carbocycles. The molecule has 76 valence electrons. The van der Waals surface area contributed by atoms with E-state index in [-0.39, 0.29) is 11.2 Å². The second-order valence-electron chi connectivity index (χ2n) is 4.11. The van der Waals surface area contributed by atoms with Crippen molar-refractivity contribution in [3.63, 3.8) is 0 Å². The second kappa shape index (κ2) is 2.93. The smallest absolute Gasteiger partial charge is 0.217 e. The normalized spacial score (nSPS) is 36.8. The summed E-state index contributed by atoms with van der Waals surface area (Å²) in [5, 5.41) is 9.28. The predicted octanol–water partition coefficient (Wildman–Crippen LogP) is -0.209. The lowest BCUT2D eigenvalue weighted by molar-refractivity contribution is 0.153. The lowest BCUT2D eigenvalue weighted by Crippen LogP contribution is -2.32. The molecule has 4 nitrogen and oxygen atoms in total. The van der Waals surface area contributed by atoms with Crippen LogP contribution in [0.25, 0.3) is 0 Å². The molecule has 1 aliphatic carbocycles. The summed E-state index contributed by atoms with van der Waals surface area (Å²) in [7, 11) is -3.06. The predicted molar refractivity (Wildman–Crippen MR) is 48.7 cm³/mol. The SMILES string of the molecule is CC1CN(S(=O)(=O)C2CC2)CC1O. The van der Waals surface area contributed by atoms with Gasteiger partial charge in [-0.05, 0) is 18.8 Å². The van der Waals surface area contributed by atoms with Gasteiger partial charge in [-0.15, -0.1) is 0 Å². The minimum atomic E-state index is -3.06. The third-order valence-electron chi connectivity index (χ3n) is 2.84. The topological polar surface area (TPSA) is 57.6 Å². The molecule has 1 heterocycles. The molecule has 1 saturated heterocycles. The molecule has 2 atom stereocenters. The first kappa shape index (κ1) is 9.43. The van der Waals surface area contributed by atoms with E-state index in [1.165, 1.54) is 4.31 Å². The van der Waals surface area contributed by atoms with Crippen molar-refractivity contribution in [1.82, 2.24) is 4.31 Å². The Labute approximate surface area is 78.6 Å². The van der Waals surface area contributed by atoms with E-state index in [0.717, 1.165) is 12.8 Å². The highest BCUT2D eigenvalue weighted by atomic mass is 32.2. The van der Waals surface area contributed by atoms with Crippen molar-refractivity contribution in [3.8, 4) is 0 Å². The van der Waals surface area contributed by atoms with E-state index < -0.39 is 16.1 Å². The number of sulfonamides is 1. The van der Waals surface area contributed by atoms with Gasteiger partial charge in [0.15, 0.2) is 0 Å². The van der Waals surface area contributed by atoms with E-state index >= 15 is 0 Å². The van der Waals surface area contributed by atoms with E-state index in [1.807, 2.05) is 6.92 Å². The van der Waals surface area contributed by atoms with Crippen molar-refractivity contribution >= 4 is 10.0 Å². The fourth-order valence-electron chi connectivity index (χ4n) is 1.69. The first-order chi connectivity index (χ1) is 6.01. The van der Waals surface area contributed by atoms with Crippen LogP contribution in [0.15, 0.2) is 0 Å². The van der Waals surface area contributed by atoms with Crippen LogP contribution in [-0.2, 0) is 10.0 Å². The largest absolute Gasteiger partial charge is 0.391 e. The van der Waals surface area contributed by atoms with E-state index in [0.29, 0.717) is 13.1 Å². The third kappa shape index (κ3) is 1.60. The molecule has 0 spiro atoms. The van der Waals surface area contributed by atoms with Crippen LogP contribution < -0.4 is 0 Å². The van der Waals surface area contributed by atoms with Crippen LogP contribution in [-0.4, -0.2) is 42.3 Å². The molecule has 0 radical (unpaired) electrons. The van der Waals surface area contributed by atoms with E-state index in [1.54, 1.807) is 0 Å². The molecule has 0 aromatic rings. The highest BCUT2D eigenvalue weighted by Gasteiger charge is 2.44. The average molecular weight is 205 g/mol. The number of hydrogen-bond acceptors (Lipinski definition) is 3. The number of β-amino-alcohol motifs (C(OH)–C–C–N with tert-alkyl or cyclic N) is 1. The minimum absolute atomic E-state index is 0.0773. The van der Waals surface area contributed by atoms with Gasteiger partial charge in [0.05, 0.1) is 11.4 Å². The number of aliphatic hydroxyl groups is 1. The highest BCUT2D eigenvalue weighted by Crippen LogP contribution is 2.33. The Hall–Kier alpha value is -0.130. The Morgan fingerprint density at radius 3 is 2.31 bits per heavy atom. The summed E-state index contributed by atoms with van der Waals surface area (Å²) in [5.41, 5.74) is 0. The average Bonchev–Trinajstić information content (AvgIpc) is 2.81. The van der Waals surface area contributed by atoms with Gasteiger partial charge in [-0.3, -0.25) is 0 Å². The maximum absolute atomic E-state index is 11.7. The lowest BCUT2D eigenvalue weighted by atomic mass is 10.1. The zero-order valence-electron chi connectivity index (χ0n) is 7.68. The molecule has 2 rings (SSSR count). The fraction of sp³-hybridized carbons (Fsp3) is 1.00. The van der Waals surface area contributed by atoms with E-state index in [4.69, 9.17) is 0 Å². The summed E-state index contributed by atoms with van der Waals surface area (Å²) in [6.07, 6.45) is 1.11. The van der Waals surface area contributed by atoms with Crippen LogP contribution in [0.4, 0.5) is 0 Å². The Morgan fingerprint density at radius 2 is 1.92 bits per heavy atom. The number of aliphatic hydroxyl groups excluding tert-OH is 1. The van der Waals surface area contributed by atoms with Gasteiger partial charge >= 0.3 is 0 Å². The van der Waals surface area contributed by atoms with Crippen LogP contribution in [0.5, 0.6) is 0 Å². The monoisotopic (exact) mass is 205 g/mol. The van der Waals surface area contributed by atoms with Crippen LogP contribution in [0, 0.1) is 5.92 Å². The molecule has 2 unspecified atom stereocenters. The van der Waals surface area contributed by atoms with Gasteiger partial charge in [-0.1, -0.05) is 6.92 Å². The van der Waals surface area contributed by atoms with Gasteiger partial charge in [0.2, 0.25) is 10.0 Å². The van der Waals surface area contributed by atoms with Crippen molar-refractivity contribution in [2.45, 2.75) is 31.1 Å². The zero-order valence-corrected chi connectivity index (χ0v) is 8.50. The van der Waals surface area contributed by atoms with Crippen LogP contribution in [0.3, 0.4) is 0 Å². The standard InChI is InChI=1S/C8H15NO3S/c1-6-4-9(5-8(6)10)13(11,12)7-2-3-7/h6-8,10H,2-5H2,1H3. The molecular formula is C8H15NO3S. The zero-order chi connectivity index (χ0) is 9.64. The maximum atomic E-state index is 11.7. The summed E-state index contributed by atoms with van der Waals surface area (Å²) < 4.78 is 24.8. The van der Waals surface area contributed by atoms with Gasteiger partial charge in [0.1, 0.15) is 0 Å². The summed E-state index contributed by atoms with van der Waals surface area (Å²) in [4.78, 5) is 0. The van der Waals surface area contributed by atoms with Gasteiger partial charge < -0.3 is 5.11 Å². The molecule has 2 aliphatic rings. The Morgan fingerprint density at radius 1 is 1.31 bits per heavy atom. The van der Waals surface area contributed by atoms with Gasteiger partial charge in [-0.2, -0.15) is 4.31 Å². The molecule has 2 fully saturated rings. The first-order valence-corrected chi connectivity index (χ1v) is 6.19. The van der Waals surface area contributed by atoms with Gasteiger partial charge in [0, 0.05) is 13.1 Å². The molecular weight excluding hydrogens is 190 g/mol. The van der Waals surface area contributed by atoms with E-state index in [9.17, 15) is 13.5 Å². The summed E-state index contributed by atoms with van der Waals surface area (Å²) in [6.45, 7) is 2.66. The summed E-state index contributed by atoms with van der Waals surface area (Å²) in [5.74, 6) is 0.0773. The minimum Gasteiger partial charge on any atom is -0.391 e. The number of hydrogen-bond donors (Lipinski definition) is 1. The molecule has 13 heavy (non-hydrogen) atoms. The van der Waals surface area contributed by atoms with Crippen molar-refractivity contribution in [2.24, 2.45) is 5.92 Å². The van der Waals surface area contributed by atoms with Crippen molar-refractivity contribution in [3.05, 3.63) is 0 Å². The molecule has 1 aliphatic heterocycles. The molecule has 0 aromatic heterocycles. The van der Waals surface area contributed by atoms with Crippen LogP contribution >= 0.6 is 0 Å². The molecule has 0 amide bonds. The molecule has 0 aromatic carbocycles. The number of rotatable bonds is 2. The summed E-state index contributed by atoms with van der Waals surface area (Å²) >= 11 is 0. The summed E-state index contributed by atoms with van der Waals surface area (Å²) in [6, 6.07) is 0. The van der Waals surface area contributed by atoms with Crippen LogP contribution in [0.1, 0.15) is 19.8 Å². The molecule has 0 bridgehead atoms.